The molecule has 1 saturated heterocycles. The minimum atomic E-state index is -4.02. The van der Waals surface area contributed by atoms with Crippen molar-refractivity contribution >= 4 is 44.4 Å². The van der Waals surface area contributed by atoms with Gasteiger partial charge in [-0.05, 0) is 101 Å². The van der Waals surface area contributed by atoms with Gasteiger partial charge in [0.25, 0.3) is 5.92 Å². The van der Waals surface area contributed by atoms with E-state index in [1.807, 2.05) is 26.0 Å². The van der Waals surface area contributed by atoms with E-state index >= 15 is 4.79 Å². The number of esters is 1. The Balaban J connectivity index is 1.39. The van der Waals surface area contributed by atoms with Gasteiger partial charge in [0.15, 0.2) is 11.4 Å². The molecule has 2 aromatic rings. The van der Waals surface area contributed by atoms with Crippen molar-refractivity contribution in [2.24, 2.45) is 29.1 Å². The lowest BCUT2D eigenvalue weighted by molar-refractivity contribution is -0.197. The highest BCUT2D eigenvalue weighted by atomic mass is 32.2. The predicted octanol–water partition coefficient (Wildman–Crippen LogP) is 6.95. The van der Waals surface area contributed by atoms with Crippen molar-refractivity contribution in [1.29, 1.82) is 0 Å². The highest BCUT2D eigenvalue weighted by Gasteiger charge is 2.63. The SMILES string of the molecule is CC[C@@H]1C[C@@H](C)CC/C=C\[C@@H]2C[C@@]2(C(=O)NS(=O)(=O)C2(C)CC2)CC(=O)[C@@H]2C[C@@H](Oc3nc(OC)cc4cc(OC)ccc34)CN2C(=O)[C@H]1CC(=O)OC(C)(C)C(C)(F)F. The maximum atomic E-state index is 15.1. The molecule has 2 amide bonds. The van der Waals surface area contributed by atoms with E-state index in [1.54, 1.807) is 38.3 Å². The number of ketones is 1. The Bertz CT molecular complexity index is 2130. The van der Waals surface area contributed by atoms with Crippen molar-refractivity contribution < 1.29 is 55.3 Å². The second kappa shape index (κ2) is 16.8. The van der Waals surface area contributed by atoms with Gasteiger partial charge in [-0.3, -0.25) is 23.9 Å². The van der Waals surface area contributed by atoms with Gasteiger partial charge in [-0.1, -0.05) is 32.4 Å². The summed E-state index contributed by atoms with van der Waals surface area (Å²) in [7, 11) is -1.02. The third-order valence-electron chi connectivity index (χ3n) is 13.4. The van der Waals surface area contributed by atoms with Gasteiger partial charge in [0.05, 0.1) is 49.3 Å². The van der Waals surface area contributed by atoms with Crippen molar-refractivity contribution in [3.8, 4) is 17.5 Å². The van der Waals surface area contributed by atoms with Gasteiger partial charge in [-0.15, -0.1) is 0 Å². The Hall–Kier alpha value is -4.34. The van der Waals surface area contributed by atoms with Gasteiger partial charge >= 0.3 is 5.97 Å². The van der Waals surface area contributed by atoms with Gasteiger partial charge in [-0.2, -0.15) is 4.98 Å². The topological polar surface area (TPSA) is 168 Å². The molecule has 0 spiro atoms. The number of pyridine rings is 1. The van der Waals surface area contributed by atoms with Crippen LogP contribution in [-0.2, 0) is 33.9 Å². The zero-order valence-corrected chi connectivity index (χ0v) is 36.7. The fraction of sp³-hybridized carbons (Fsp3) is 0.659. The van der Waals surface area contributed by atoms with Crippen molar-refractivity contribution in [3.63, 3.8) is 0 Å². The van der Waals surface area contributed by atoms with E-state index in [0.29, 0.717) is 62.0 Å². The van der Waals surface area contributed by atoms with E-state index in [1.165, 1.54) is 12.0 Å². The summed E-state index contributed by atoms with van der Waals surface area (Å²) in [6, 6.07) is 5.89. The summed E-state index contributed by atoms with van der Waals surface area (Å²) in [6.07, 6.45) is 5.63. The number of fused-ring (bicyclic) bond motifs is 3. The van der Waals surface area contributed by atoms with E-state index in [9.17, 15) is 31.6 Å². The molecule has 13 nitrogen and oxygen atoms in total. The van der Waals surface area contributed by atoms with Gasteiger partial charge in [0, 0.05) is 31.2 Å². The highest BCUT2D eigenvalue weighted by Crippen LogP contribution is 2.58. The van der Waals surface area contributed by atoms with Crippen LogP contribution in [0.15, 0.2) is 36.4 Å². The molecule has 16 heteroatoms. The van der Waals surface area contributed by atoms with Crippen LogP contribution in [0.25, 0.3) is 10.8 Å². The van der Waals surface area contributed by atoms with E-state index in [2.05, 4.69) is 9.71 Å². The molecule has 2 aliphatic carbocycles. The van der Waals surface area contributed by atoms with Crippen molar-refractivity contribution in [3.05, 3.63) is 36.4 Å². The second-order valence-corrected chi connectivity index (χ2v) is 20.4. The number of amides is 2. The monoisotopic (exact) mass is 859 g/mol. The summed E-state index contributed by atoms with van der Waals surface area (Å²) in [5.74, 6) is -6.82. The molecule has 0 bridgehead atoms. The zero-order chi connectivity index (χ0) is 44.0. The van der Waals surface area contributed by atoms with Crippen molar-refractivity contribution in [2.45, 2.75) is 134 Å². The molecule has 7 atom stereocenters. The number of benzene rings is 1. The fourth-order valence-corrected chi connectivity index (χ4v) is 9.93. The van der Waals surface area contributed by atoms with E-state index in [-0.39, 0.29) is 49.4 Å². The van der Waals surface area contributed by atoms with Gasteiger partial charge in [-0.25, -0.2) is 17.2 Å². The lowest BCUT2D eigenvalue weighted by atomic mass is 9.79. The van der Waals surface area contributed by atoms with Gasteiger partial charge < -0.3 is 23.8 Å². The number of Topliss-reactive ketones (excluding diaryl/α,β-unsaturated/α-hetero) is 1. The first-order chi connectivity index (χ1) is 28.1. The van der Waals surface area contributed by atoms with Crippen LogP contribution in [0.2, 0.25) is 0 Å². The lowest BCUT2D eigenvalue weighted by Crippen LogP contribution is -2.49. The number of rotatable bonds is 12. The summed E-state index contributed by atoms with van der Waals surface area (Å²) >= 11 is 0. The Kier molecular flexibility index (Phi) is 12.7. The molecule has 0 unspecified atom stereocenters. The summed E-state index contributed by atoms with van der Waals surface area (Å²) in [5, 5.41) is 1.31. The van der Waals surface area contributed by atoms with Crippen LogP contribution in [0.5, 0.6) is 17.5 Å². The molecule has 2 saturated carbocycles. The first-order valence-corrected chi connectivity index (χ1v) is 22.4. The molecule has 1 N–H and O–H groups in total. The lowest BCUT2D eigenvalue weighted by Gasteiger charge is -2.35. The number of aromatic nitrogens is 1. The van der Waals surface area contributed by atoms with Crippen LogP contribution in [0.4, 0.5) is 8.78 Å². The number of carbonyl (C=O) groups excluding carboxylic acids is 4. The van der Waals surface area contributed by atoms with E-state index < -0.39 is 85.7 Å². The quantitative estimate of drug-likeness (QED) is 0.173. The number of methoxy groups -OCH3 is 2. The van der Waals surface area contributed by atoms with Crippen LogP contribution in [-0.4, -0.2) is 91.0 Å². The number of sulfonamides is 1. The van der Waals surface area contributed by atoms with E-state index in [0.717, 1.165) is 13.8 Å². The minimum absolute atomic E-state index is 0.00483. The molecule has 0 radical (unpaired) electrons. The number of hydrogen-bond acceptors (Lipinski definition) is 11. The third-order valence-corrected chi connectivity index (χ3v) is 15.6. The van der Waals surface area contributed by atoms with Crippen LogP contribution >= 0.6 is 0 Å². The number of nitrogens with one attached hydrogen (secondary N) is 1. The smallest absolute Gasteiger partial charge is 0.307 e. The van der Waals surface area contributed by atoms with E-state index in [4.69, 9.17) is 18.9 Å². The van der Waals surface area contributed by atoms with Crippen molar-refractivity contribution in [1.82, 2.24) is 14.6 Å². The van der Waals surface area contributed by atoms with Crippen LogP contribution in [0.3, 0.4) is 0 Å². The molecule has 3 fully saturated rings. The molecule has 3 heterocycles. The minimum Gasteiger partial charge on any atom is -0.497 e. The summed E-state index contributed by atoms with van der Waals surface area (Å²) < 4.78 is 79.6. The largest absolute Gasteiger partial charge is 0.497 e. The first kappa shape index (κ1) is 45.2. The number of nitrogens with zero attached hydrogens (tertiary/aromatic N) is 2. The zero-order valence-electron chi connectivity index (χ0n) is 35.8. The molecular weight excluding hydrogens is 801 g/mol. The number of allylic oxidation sites excluding steroid dienone is 2. The van der Waals surface area contributed by atoms with Crippen LogP contribution in [0, 0.1) is 29.1 Å². The molecule has 4 aliphatic rings. The summed E-state index contributed by atoms with van der Waals surface area (Å²) in [6.45, 7) is 8.33. The van der Waals surface area contributed by atoms with Gasteiger partial charge in [0.1, 0.15) is 11.9 Å². The number of ether oxygens (including phenoxy) is 4. The Labute approximate surface area is 351 Å². The second-order valence-electron chi connectivity index (χ2n) is 18.2. The number of carbonyl (C=O) groups is 4. The molecule has 1 aromatic carbocycles. The van der Waals surface area contributed by atoms with Crippen molar-refractivity contribution in [2.75, 3.05) is 20.8 Å². The first-order valence-electron chi connectivity index (χ1n) is 20.9. The number of alkyl halides is 2. The van der Waals surface area contributed by atoms with Crippen LogP contribution < -0.4 is 18.9 Å². The highest BCUT2D eigenvalue weighted by molar-refractivity contribution is 7.91. The Morgan fingerprint density at radius 3 is 2.42 bits per heavy atom. The summed E-state index contributed by atoms with van der Waals surface area (Å²) in [4.78, 5) is 63.5. The molecule has 1 aromatic heterocycles. The fourth-order valence-electron chi connectivity index (χ4n) is 8.60. The average molecular weight is 860 g/mol. The number of hydrogen-bond donors (Lipinski definition) is 1. The van der Waals surface area contributed by atoms with Crippen LogP contribution in [0.1, 0.15) is 106 Å². The molecule has 330 valence electrons. The molecule has 6 rings (SSSR count). The summed E-state index contributed by atoms with van der Waals surface area (Å²) in [5.41, 5.74) is -3.52. The standard InChI is InChI=1S/C44H59F2N3O10S/c1-9-27-18-26(2)12-10-11-13-29-23-44(29,40(53)48-60(54,55)42(5)16-17-42)24-35(50)34-21-31(58-38-32-15-14-30(56-7)19-28(32)20-36(47-38)57-8)25-49(34)39(52)33(27)22-37(51)59-41(3,4)43(6,45)46/h11,13-15,19-20,26-27,29,31,33-34H,9-10,12,16-18,21-25H2,1-8H3,(H,48,53)/b13-11-/t26-,27+,29+,31+,33-,34-,44+/m0/s1. The predicted molar refractivity (Wildman–Crippen MR) is 219 cm³/mol. The molecular formula is C44H59F2N3O10S. The third kappa shape index (κ3) is 9.28. The number of halogens is 2. The van der Waals surface area contributed by atoms with Gasteiger partial charge in [0.2, 0.25) is 33.6 Å². The Morgan fingerprint density at radius 2 is 1.78 bits per heavy atom. The maximum Gasteiger partial charge on any atom is 0.307 e. The molecule has 60 heavy (non-hydrogen) atoms. The Morgan fingerprint density at radius 1 is 1.07 bits per heavy atom. The normalized spacial score (nSPS) is 29.0. The molecule has 2 aliphatic heterocycles. The average Bonchev–Trinajstić information content (AvgIpc) is 4.06. The maximum absolute atomic E-state index is 15.1.